The van der Waals surface area contributed by atoms with Crippen LogP contribution in [-0.2, 0) is 0 Å². The Balaban J connectivity index is 2.41. The van der Waals surface area contributed by atoms with Crippen LogP contribution in [0.3, 0.4) is 0 Å². The van der Waals surface area contributed by atoms with E-state index in [0.29, 0.717) is 32.8 Å². The molecule has 2 rings (SSSR count). The summed E-state index contributed by atoms with van der Waals surface area (Å²) in [4.78, 5) is 4.05. The van der Waals surface area contributed by atoms with Gasteiger partial charge in [-0.3, -0.25) is 0 Å². The Kier molecular flexibility index (Phi) is 3.56. The smallest absolute Gasteiger partial charge is 0.148 e. The van der Waals surface area contributed by atoms with Gasteiger partial charge in [0, 0.05) is 0 Å². The molecule has 0 spiro atoms. The number of rotatable bonds is 2. The first-order valence-electron chi connectivity index (χ1n) is 4.98. The first-order chi connectivity index (χ1) is 8.61. The van der Waals surface area contributed by atoms with Crippen LogP contribution in [0.1, 0.15) is 5.56 Å². The van der Waals surface area contributed by atoms with Gasteiger partial charge in [0.2, 0.25) is 0 Å². The van der Waals surface area contributed by atoms with Gasteiger partial charge in [-0.15, -0.1) is 0 Å². The molecule has 0 bridgehead atoms. The van der Waals surface area contributed by atoms with E-state index in [9.17, 15) is 0 Å². The van der Waals surface area contributed by atoms with Crippen molar-refractivity contribution in [1.82, 2.24) is 4.98 Å². The maximum atomic E-state index is 9.00. The number of hydrogen-bond acceptors (Lipinski definition) is 4. The number of halogens is 2. The lowest BCUT2D eigenvalue weighted by molar-refractivity contribution is 1.29. The van der Waals surface area contributed by atoms with E-state index in [1.807, 2.05) is 6.07 Å². The molecule has 6 heteroatoms. The normalized spacial score (nSPS) is 9.83. The Bertz CT molecular complexity index is 634. The maximum absolute atomic E-state index is 9.00. The lowest BCUT2D eigenvalue weighted by Gasteiger charge is -2.09. The van der Waals surface area contributed by atoms with Gasteiger partial charge in [-0.25, -0.2) is 4.98 Å². The molecule has 0 fully saturated rings. The molecule has 0 aliphatic heterocycles. The second-order valence-corrected chi connectivity index (χ2v) is 4.29. The Labute approximate surface area is 114 Å². The van der Waals surface area contributed by atoms with Gasteiger partial charge in [-0.1, -0.05) is 29.3 Å². The molecule has 18 heavy (non-hydrogen) atoms. The van der Waals surface area contributed by atoms with Crippen LogP contribution in [-0.4, -0.2) is 4.98 Å². The average Bonchev–Trinajstić information content (AvgIpc) is 2.37. The van der Waals surface area contributed by atoms with Crippen LogP contribution in [0.4, 0.5) is 17.2 Å². The van der Waals surface area contributed by atoms with E-state index in [-0.39, 0.29) is 0 Å². The molecule has 90 valence electrons. The van der Waals surface area contributed by atoms with Gasteiger partial charge < -0.3 is 11.1 Å². The zero-order valence-electron chi connectivity index (χ0n) is 9.11. The largest absolute Gasteiger partial charge is 0.397 e. The van der Waals surface area contributed by atoms with Crippen molar-refractivity contribution in [3.05, 3.63) is 46.1 Å². The Morgan fingerprint density at radius 3 is 2.83 bits per heavy atom. The van der Waals surface area contributed by atoms with E-state index >= 15 is 0 Å². The predicted molar refractivity (Wildman–Crippen MR) is 73.1 cm³/mol. The fourth-order valence-electron chi connectivity index (χ4n) is 1.39. The molecule has 2 aromatic rings. The monoisotopic (exact) mass is 278 g/mol. The summed E-state index contributed by atoms with van der Waals surface area (Å²) in [5, 5.41) is 12.8. The van der Waals surface area contributed by atoms with Crippen molar-refractivity contribution in [3.63, 3.8) is 0 Å². The fraction of sp³-hybridized carbons (Fsp3) is 0. The lowest BCUT2D eigenvalue weighted by atomic mass is 10.2. The van der Waals surface area contributed by atoms with Gasteiger partial charge in [-0.2, -0.15) is 5.26 Å². The summed E-state index contributed by atoms with van der Waals surface area (Å²) in [6.07, 6.45) is 1.46. The predicted octanol–water partition coefficient (Wildman–Crippen LogP) is 3.59. The molecule has 1 heterocycles. The van der Waals surface area contributed by atoms with Gasteiger partial charge >= 0.3 is 0 Å². The second-order valence-electron chi connectivity index (χ2n) is 3.50. The summed E-state index contributed by atoms with van der Waals surface area (Å²) in [6, 6.07) is 8.72. The van der Waals surface area contributed by atoms with Crippen molar-refractivity contribution in [2.45, 2.75) is 0 Å². The third kappa shape index (κ3) is 2.48. The van der Waals surface area contributed by atoms with Gasteiger partial charge in [0.1, 0.15) is 11.9 Å². The van der Waals surface area contributed by atoms with Gasteiger partial charge in [-0.05, 0) is 18.2 Å². The van der Waals surface area contributed by atoms with Crippen LogP contribution < -0.4 is 11.1 Å². The molecule has 1 aromatic carbocycles. The Hall–Kier alpha value is -1.96. The number of nitrogens with one attached hydrogen (secondary N) is 1. The van der Waals surface area contributed by atoms with E-state index in [4.69, 9.17) is 34.2 Å². The van der Waals surface area contributed by atoms with Crippen LogP contribution in [0.5, 0.6) is 0 Å². The van der Waals surface area contributed by atoms with Crippen LogP contribution >= 0.6 is 23.2 Å². The highest BCUT2D eigenvalue weighted by atomic mass is 35.5. The number of nitrogen functional groups attached to an aromatic ring is 1. The highest BCUT2D eigenvalue weighted by Crippen LogP contribution is 2.32. The molecule has 3 N–H and O–H groups in total. The molecule has 0 saturated heterocycles. The van der Waals surface area contributed by atoms with Crippen molar-refractivity contribution in [1.29, 1.82) is 5.26 Å². The second kappa shape index (κ2) is 5.13. The van der Waals surface area contributed by atoms with E-state index in [1.54, 1.807) is 18.2 Å². The summed E-state index contributed by atoms with van der Waals surface area (Å²) in [7, 11) is 0. The number of aromatic nitrogens is 1. The van der Waals surface area contributed by atoms with Crippen molar-refractivity contribution >= 4 is 40.4 Å². The molecule has 0 unspecified atom stereocenters. The van der Waals surface area contributed by atoms with Gasteiger partial charge in [0.25, 0.3) is 0 Å². The topological polar surface area (TPSA) is 74.7 Å². The van der Waals surface area contributed by atoms with E-state index < -0.39 is 0 Å². The number of pyridine rings is 1. The van der Waals surface area contributed by atoms with E-state index in [0.717, 1.165) is 0 Å². The van der Waals surface area contributed by atoms with Crippen molar-refractivity contribution < 1.29 is 0 Å². The standard InChI is InChI=1S/C12H8Cl2N4/c13-9-2-1-3-10(11(9)14)18-12-7(5-15)4-8(16)6-17-12/h1-4,6H,16H2,(H,17,18). The molecule has 1 aromatic heterocycles. The Morgan fingerprint density at radius 2 is 2.11 bits per heavy atom. The number of nitrogens with zero attached hydrogens (tertiary/aromatic N) is 2. The van der Waals surface area contributed by atoms with Gasteiger partial charge in [0.05, 0.1) is 33.2 Å². The molecule has 0 aliphatic rings. The molecule has 0 saturated carbocycles. The first kappa shape index (κ1) is 12.5. The summed E-state index contributed by atoms with van der Waals surface area (Å²) in [6.45, 7) is 0. The van der Waals surface area contributed by atoms with Gasteiger partial charge in [0.15, 0.2) is 0 Å². The van der Waals surface area contributed by atoms with Crippen molar-refractivity contribution in [2.75, 3.05) is 11.1 Å². The number of anilines is 3. The fourth-order valence-corrected chi connectivity index (χ4v) is 1.74. The zero-order valence-corrected chi connectivity index (χ0v) is 10.6. The van der Waals surface area contributed by atoms with E-state index in [1.165, 1.54) is 12.3 Å². The summed E-state index contributed by atoms with van der Waals surface area (Å²) in [5.74, 6) is 0.385. The molecule has 0 atom stereocenters. The minimum Gasteiger partial charge on any atom is -0.397 e. The average molecular weight is 279 g/mol. The summed E-state index contributed by atoms with van der Waals surface area (Å²) >= 11 is 11.9. The molecule has 0 amide bonds. The van der Waals surface area contributed by atoms with Crippen molar-refractivity contribution in [3.8, 4) is 6.07 Å². The first-order valence-corrected chi connectivity index (χ1v) is 5.74. The number of nitriles is 1. The number of hydrogen-bond donors (Lipinski definition) is 2. The van der Waals surface area contributed by atoms with Crippen LogP contribution in [0, 0.1) is 11.3 Å². The number of nitrogens with two attached hydrogens (primary N) is 1. The number of benzene rings is 1. The molecule has 4 nitrogen and oxygen atoms in total. The molecular formula is C12H8Cl2N4. The summed E-state index contributed by atoms with van der Waals surface area (Å²) in [5.41, 5.74) is 6.91. The molecule has 0 radical (unpaired) electrons. The minimum atomic E-state index is 0.339. The van der Waals surface area contributed by atoms with Crippen LogP contribution in [0.2, 0.25) is 10.0 Å². The third-order valence-corrected chi connectivity index (χ3v) is 3.05. The SMILES string of the molecule is N#Cc1cc(N)cnc1Nc1cccc(Cl)c1Cl. The zero-order chi connectivity index (χ0) is 13.1. The quantitative estimate of drug-likeness (QED) is 0.880. The summed E-state index contributed by atoms with van der Waals surface area (Å²) < 4.78 is 0. The lowest BCUT2D eigenvalue weighted by Crippen LogP contribution is -1.99. The van der Waals surface area contributed by atoms with Crippen molar-refractivity contribution in [2.24, 2.45) is 0 Å². The highest BCUT2D eigenvalue weighted by molar-refractivity contribution is 6.43. The Morgan fingerprint density at radius 1 is 1.33 bits per heavy atom. The van der Waals surface area contributed by atoms with Crippen LogP contribution in [0.25, 0.3) is 0 Å². The van der Waals surface area contributed by atoms with E-state index in [2.05, 4.69) is 10.3 Å². The molecule has 0 aliphatic carbocycles. The molecular weight excluding hydrogens is 271 g/mol. The maximum Gasteiger partial charge on any atom is 0.148 e. The highest BCUT2D eigenvalue weighted by Gasteiger charge is 2.08. The van der Waals surface area contributed by atoms with Crippen LogP contribution in [0.15, 0.2) is 30.5 Å². The minimum absolute atomic E-state index is 0.339. The third-order valence-electron chi connectivity index (χ3n) is 2.23.